The molecule has 0 unspecified atom stereocenters. The summed E-state index contributed by atoms with van der Waals surface area (Å²) in [5.41, 5.74) is 2.47. The van der Waals surface area contributed by atoms with E-state index >= 15 is 0 Å². The maximum absolute atomic E-state index is 13.2. The summed E-state index contributed by atoms with van der Waals surface area (Å²) in [6.45, 7) is 3.72. The van der Waals surface area contributed by atoms with E-state index in [0.717, 1.165) is 31.0 Å². The Labute approximate surface area is 263 Å². The number of thioether (sulfide) groups is 1. The lowest BCUT2D eigenvalue weighted by Gasteiger charge is -2.16. The van der Waals surface area contributed by atoms with Crippen molar-refractivity contribution in [1.82, 2.24) is 4.90 Å². The van der Waals surface area contributed by atoms with Gasteiger partial charge >= 0.3 is 0 Å². The Morgan fingerprint density at radius 2 is 1.46 bits per heavy atom. The summed E-state index contributed by atoms with van der Waals surface area (Å²) in [6.07, 6.45) is 20.6. The Kier molecular flexibility index (Phi) is 18.4. The molecule has 2 aromatic rings. The number of ether oxygens (including phenoxy) is 2. The first kappa shape index (κ1) is 35.1. The first-order valence-corrected chi connectivity index (χ1v) is 16.5. The summed E-state index contributed by atoms with van der Waals surface area (Å²) in [6, 6.07) is 13.5. The number of anilines is 1. The third kappa shape index (κ3) is 13.6. The zero-order chi connectivity index (χ0) is 28.3. The van der Waals surface area contributed by atoms with Crippen LogP contribution in [0.15, 0.2) is 54.1 Å². The van der Waals surface area contributed by atoms with Crippen LogP contribution in [0.4, 0.5) is 5.69 Å². The van der Waals surface area contributed by atoms with Crippen molar-refractivity contribution < 1.29 is 14.3 Å². The molecule has 41 heavy (non-hydrogen) atoms. The van der Waals surface area contributed by atoms with Crippen LogP contribution in [-0.4, -0.2) is 30.4 Å². The fraction of sp³-hybridized carbons (Fsp3) is 0.559. The van der Waals surface area contributed by atoms with Crippen molar-refractivity contribution in [3.63, 3.8) is 0 Å². The molecule has 1 aliphatic rings. The summed E-state index contributed by atoms with van der Waals surface area (Å²) in [4.78, 5) is 15.4. The average molecular weight is 648 g/mol. The molecular formula is C34H51BrN2O3S. The maximum Gasteiger partial charge on any atom is 0.259 e. The smallest absolute Gasteiger partial charge is 0.259 e. The molecule has 0 saturated carbocycles. The molecule has 228 valence electrons. The van der Waals surface area contributed by atoms with E-state index in [4.69, 9.17) is 9.47 Å². The molecule has 2 aromatic carbocycles. The number of halogens is 1. The van der Waals surface area contributed by atoms with Crippen LogP contribution in [0.5, 0.6) is 11.5 Å². The molecule has 0 aromatic heterocycles. The zero-order valence-corrected chi connectivity index (χ0v) is 27.7. The number of para-hydroxylation sites is 1. The molecule has 1 heterocycles. The number of carbonyl (C=O) groups is 1. The van der Waals surface area contributed by atoms with Gasteiger partial charge in [-0.25, -0.2) is 0 Å². The van der Waals surface area contributed by atoms with Gasteiger partial charge in [-0.15, -0.1) is 28.7 Å². The number of amides is 1. The lowest BCUT2D eigenvalue weighted by atomic mass is 10.0. The number of hydrogen-bond donors (Lipinski definition) is 1. The second-order valence-electron chi connectivity index (χ2n) is 10.8. The zero-order valence-electron chi connectivity index (χ0n) is 25.2. The highest BCUT2D eigenvalue weighted by atomic mass is 79.9. The summed E-state index contributed by atoms with van der Waals surface area (Å²) in [5.74, 6) is 1.90. The fourth-order valence-corrected chi connectivity index (χ4v) is 5.72. The van der Waals surface area contributed by atoms with E-state index in [9.17, 15) is 4.79 Å². The SMILES string of the molecule is Br.CCCCCCCCCCCCCCCCOc1c(OC)cccc1C(=O)Nc1ccc(CN2C=CSC2)cc1. The van der Waals surface area contributed by atoms with Crippen LogP contribution >= 0.6 is 28.7 Å². The largest absolute Gasteiger partial charge is 0.493 e. The van der Waals surface area contributed by atoms with E-state index < -0.39 is 0 Å². The Bertz CT molecular complexity index is 1020. The van der Waals surface area contributed by atoms with E-state index in [2.05, 4.69) is 40.9 Å². The van der Waals surface area contributed by atoms with Gasteiger partial charge in [-0.2, -0.15) is 0 Å². The van der Waals surface area contributed by atoms with E-state index in [1.807, 2.05) is 24.3 Å². The second kappa shape index (κ2) is 21.6. The Balaban J connectivity index is 0.00000588. The van der Waals surface area contributed by atoms with Crippen LogP contribution in [0.1, 0.15) is 113 Å². The number of nitrogens with zero attached hydrogens (tertiary/aromatic N) is 1. The molecule has 1 N–H and O–H groups in total. The summed E-state index contributed by atoms with van der Waals surface area (Å²) in [7, 11) is 1.61. The number of carbonyl (C=O) groups excluding carboxylic acids is 1. The van der Waals surface area contributed by atoms with Crippen molar-refractivity contribution in [3.05, 3.63) is 65.2 Å². The molecular weight excluding hydrogens is 596 g/mol. The monoisotopic (exact) mass is 646 g/mol. The molecule has 0 bridgehead atoms. The minimum Gasteiger partial charge on any atom is -0.493 e. The van der Waals surface area contributed by atoms with Gasteiger partial charge in [-0.1, -0.05) is 109 Å². The predicted octanol–water partition coefficient (Wildman–Crippen LogP) is 10.4. The molecule has 0 aliphatic carbocycles. The predicted molar refractivity (Wildman–Crippen MR) is 181 cm³/mol. The lowest BCUT2D eigenvalue weighted by Crippen LogP contribution is -2.15. The standard InChI is InChI=1S/C34H50N2O3S.BrH/c1-3-4-5-6-7-8-9-10-11-12-13-14-15-16-25-39-33-31(18-17-19-32(33)38-2)34(37)35-30-22-20-29(21-23-30)27-36-24-26-40-28-36;/h17-24,26H,3-16,25,27-28H2,1-2H3,(H,35,37);1H. The quantitative estimate of drug-likeness (QED) is 0.137. The number of rotatable bonds is 21. The van der Waals surface area contributed by atoms with Crippen LogP contribution in [0.3, 0.4) is 0 Å². The van der Waals surface area contributed by atoms with Crippen molar-refractivity contribution in [1.29, 1.82) is 0 Å². The minimum atomic E-state index is -0.193. The highest BCUT2D eigenvalue weighted by Crippen LogP contribution is 2.32. The second-order valence-corrected chi connectivity index (χ2v) is 11.6. The molecule has 0 atom stereocenters. The van der Waals surface area contributed by atoms with Crippen LogP contribution in [-0.2, 0) is 6.54 Å². The van der Waals surface area contributed by atoms with E-state index in [0.29, 0.717) is 23.7 Å². The highest BCUT2D eigenvalue weighted by molar-refractivity contribution is 8.93. The van der Waals surface area contributed by atoms with Crippen molar-refractivity contribution >= 4 is 40.3 Å². The van der Waals surface area contributed by atoms with E-state index in [1.54, 1.807) is 24.9 Å². The fourth-order valence-electron chi connectivity index (χ4n) is 5.01. The molecule has 0 saturated heterocycles. The molecule has 0 radical (unpaired) electrons. The first-order valence-electron chi connectivity index (χ1n) is 15.4. The third-order valence-corrected chi connectivity index (χ3v) is 8.19. The molecule has 3 rings (SSSR count). The third-order valence-electron chi connectivity index (χ3n) is 7.39. The van der Waals surface area contributed by atoms with Gasteiger partial charge in [0.25, 0.3) is 5.91 Å². The van der Waals surface area contributed by atoms with Crippen LogP contribution < -0.4 is 14.8 Å². The number of methoxy groups -OCH3 is 1. The van der Waals surface area contributed by atoms with E-state index in [1.165, 1.54) is 82.6 Å². The summed E-state index contributed by atoms with van der Waals surface area (Å²) < 4.78 is 11.6. The molecule has 1 aliphatic heterocycles. The number of nitrogens with one attached hydrogen (secondary N) is 1. The average Bonchev–Trinajstić information content (AvgIpc) is 3.49. The lowest BCUT2D eigenvalue weighted by molar-refractivity contribution is 0.102. The van der Waals surface area contributed by atoms with E-state index in [-0.39, 0.29) is 22.9 Å². The Hall–Kier alpha value is -2.12. The number of unbranched alkanes of at least 4 members (excludes halogenated alkanes) is 13. The molecule has 5 nitrogen and oxygen atoms in total. The molecule has 0 spiro atoms. The van der Waals surface area contributed by atoms with Gasteiger partial charge in [0, 0.05) is 18.4 Å². The summed E-state index contributed by atoms with van der Waals surface area (Å²) in [5, 5.41) is 5.13. The number of hydrogen-bond acceptors (Lipinski definition) is 5. The van der Waals surface area contributed by atoms with Crippen molar-refractivity contribution in [2.45, 2.75) is 103 Å². The van der Waals surface area contributed by atoms with Gasteiger partial charge in [-0.05, 0) is 41.7 Å². The van der Waals surface area contributed by atoms with Crippen molar-refractivity contribution in [2.24, 2.45) is 0 Å². The minimum absolute atomic E-state index is 0. The molecule has 7 heteroatoms. The Morgan fingerprint density at radius 3 is 2.02 bits per heavy atom. The van der Waals surface area contributed by atoms with Gasteiger partial charge in [0.2, 0.25) is 0 Å². The number of benzene rings is 2. The highest BCUT2D eigenvalue weighted by Gasteiger charge is 2.17. The van der Waals surface area contributed by atoms with Gasteiger partial charge in [-0.3, -0.25) is 4.79 Å². The van der Waals surface area contributed by atoms with Gasteiger partial charge in [0.15, 0.2) is 11.5 Å². The van der Waals surface area contributed by atoms with Crippen LogP contribution in [0.25, 0.3) is 0 Å². The maximum atomic E-state index is 13.2. The summed E-state index contributed by atoms with van der Waals surface area (Å²) >= 11 is 1.80. The van der Waals surface area contributed by atoms with Gasteiger partial charge in [0.1, 0.15) is 0 Å². The van der Waals surface area contributed by atoms with Gasteiger partial charge < -0.3 is 19.7 Å². The van der Waals surface area contributed by atoms with Crippen molar-refractivity contribution in [2.75, 3.05) is 24.9 Å². The van der Waals surface area contributed by atoms with Crippen LogP contribution in [0, 0.1) is 0 Å². The normalized spacial score (nSPS) is 12.3. The molecule has 0 fully saturated rings. The topological polar surface area (TPSA) is 50.8 Å². The molecule has 1 amide bonds. The van der Waals surface area contributed by atoms with Crippen molar-refractivity contribution in [3.8, 4) is 11.5 Å². The Morgan fingerprint density at radius 1 is 0.854 bits per heavy atom. The first-order chi connectivity index (χ1) is 19.7. The van der Waals surface area contributed by atoms with Gasteiger partial charge in [0.05, 0.1) is 25.2 Å². The van der Waals surface area contributed by atoms with Crippen LogP contribution in [0.2, 0.25) is 0 Å².